The van der Waals surface area contributed by atoms with Gasteiger partial charge in [0.1, 0.15) is 17.2 Å². The summed E-state index contributed by atoms with van der Waals surface area (Å²) in [6.45, 7) is 7.48. The normalized spacial score (nSPS) is 11.9. The minimum absolute atomic E-state index is 0.0297. The smallest absolute Gasteiger partial charge is 0.347 e. The topological polar surface area (TPSA) is 83.1 Å². The fourth-order valence-corrected chi connectivity index (χ4v) is 2.64. The van der Waals surface area contributed by atoms with Crippen LogP contribution < -0.4 is 19.5 Å². The molecule has 0 aromatic heterocycles. The standard InChI is InChI=1S/C23H29NO6/c1-15(30-17-9-7-16(8-10-17)23(2,3)4)22(26)29-14-21(25)24-19-13-18(27-5)11-12-20(19)28-6/h7-13,15H,14H2,1-6H3,(H,24,25)/t15-/m0/s1. The van der Waals surface area contributed by atoms with E-state index in [-0.39, 0.29) is 5.41 Å². The summed E-state index contributed by atoms with van der Waals surface area (Å²) in [6, 6.07) is 12.5. The summed E-state index contributed by atoms with van der Waals surface area (Å²) in [7, 11) is 3.01. The average Bonchev–Trinajstić information content (AvgIpc) is 2.71. The lowest BCUT2D eigenvalue weighted by Gasteiger charge is -2.20. The molecular weight excluding hydrogens is 386 g/mol. The molecule has 2 rings (SSSR count). The number of amides is 1. The van der Waals surface area contributed by atoms with Crippen LogP contribution in [0.25, 0.3) is 0 Å². The SMILES string of the molecule is COc1ccc(OC)c(NC(=O)COC(=O)[C@H](C)Oc2ccc(C(C)(C)C)cc2)c1. The van der Waals surface area contributed by atoms with Gasteiger partial charge in [-0.05, 0) is 42.2 Å². The maximum absolute atomic E-state index is 12.2. The molecule has 2 aromatic carbocycles. The molecule has 0 unspecified atom stereocenters. The Morgan fingerprint density at radius 2 is 1.60 bits per heavy atom. The third kappa shape index (κ3) is 6.40. The van der Waals surface area contributed by atoms with Crippen LogP contribution in [0, 0.1) is 0 Å². The van der Waals surface area contributed by atoms with Gasteiger partial charge in [0.05, 0.1) is 19.9 Å². The van der Waals surface area contributed by atoms with Crippen molar-refractivity contribution in [3.05, 3.63) is 48.0 Å². The van der Waals surface area contributed by atoms with Crippen LogP contribution in [0.5, 0.6) is 17.2 Å². The number of nitrogens with one attached hydrogen (secondary N) is 1. The predicted octanol–water partition coefficient (Wildman–Crippen LogP) is 3.95. The minimum atomic E-state index is -0.857. The molecule has 0 aliphatic heterocycles. The highest BCUT2D eigenvalue weighted by Gasteiger charge is 2.19. The molecule has 0 bridgehead atoms. The van der Waals surface area contributed by atoms with E-state index in [1.54, 1.807) is 25.1 Å². The van der Waals surface area contributed by atoms with Gasteiger partial charge in [-0.2, -0.15) is 0 Å². The van der Waals surface area contributed by atoms with E-state index in [1.165, 1.54) is 14.2 Å². The fraction of sp³-hybridized carbons (Fsp3) is 0.391. The van der Waals surface area contributed by atoms with Gasteiger partial charge in [0.15, 0.2) is 12.7 Å². The molecule has 0 radical (unpaired) electrons. The molecular formula is C23H29NO6. The molecule has 1 N–H and O–H groups in total. The first kappa shape index (κ1) is 23.1. The zero-order valence-electron chi connectivity index (χ0n) is 18.3. The Hall–Kier alpha value is -3.22. The predicted molar refractivity (Wildman–Crippen MR) is 114 cm³/mol. The summed E-state index contributed by atoms with van der Waals surface area (Å²) in [5.41, 5.74) is 1.61. The van der Waals surface area contributed by atoms with Crippen LogP contribution in [0.2, 0.25) is 0 Å². The van der Waals surface area contributed by atoms with Gasteiger partial charge < -0.3 is 24.3 Å². The van der Waals surface area contributed by atoms with Gasteiger partial charge in [0.2, 0.25) is 0 Å². The zero-order valence-corrected chi connectivity index (χ0v) is 18.3. The monoisotopic (exact) mass is 415 g/mol. The number of carbonyl (C=O) groups excluding carboxylic acids is 2. The van der Waals surface area contributed by atoms with E-state index >= 15 is 0 Å². The Labute approximate surface area is 177 Å². The van der Waals surface area contributed by atoms with Crippen LogP contribution in [0.1, 0.15) is 33.3 Å². The molecule has 0 spiro atoms. The number of rotatable bonds is 8. The molecule has 7 nitrogen and oxygen atoms in total. The van der Waals surface area contributed by atoms with Crippen molar-refractivity contribution in [2.45, 2.75) is 39.2 Å². The van der Waals surface area contributed by atoms with Crippen molar-refractivity contribution in [3.63, 3.8) is 0 Å². The second-order valence-corrected chi connectivity index (χ2v) is 7.76. The van der Waals surface area contributed by atoms with Crippen molar-refractivity contribution in [1.82, 2.24) is 0 Å². The number of carbonyl (C=O) groups is 2. The van der Waals surface area contributed by atoms with Crippen molar-refractivity contribution in [2.75, 3.05) is 26.1 Å². The second-order valence-electron chi connectivity index (χ2n) is 7.76. The fourth-order valence-electron chi connectivity index (χ4n) is 2.64. The highest BCUT2D eigenvalue weighted by molar-refractivity contribution is 5.94. The Kier molecular flexibility index (Phi) is 7.69. The van der Waals surface area contributed by atoms with Gasteiger partial charge in [0, 0.05) is 6.07 Å². The summed E-state index contributed by atoms with van der Waals surface area (Å²) in [5.74, 6) is 0.436. The summed E-state index contributed by atoms with van der Waals surface area (Å²) in [6.07, 6.45) is -0.857. The molecule has 0 fully saturated rings. The number of anilines is 1. The van der Waals surface area contributed by atoms with E-state index in [0.29, 0.717) is 22.9 Å². The molecule has 1 amide bonds. The molecule has 0 heterocycles. The van der Waals surface area contributed by atoms with E-state index in [0.717, 1.165) is 5.56 Å². The van der Waals surface area contributed by atoms with Crippen LogP contribution in [0.4, 0.5) is 5.69 Å². The van der Waals surface area contributed by atoms with E-state index in [1.807, 2.05) is 24.3 Å². The average molecular weight is 415 g/mol. The first-order chi connectivity index (χ1) is 14.1. The third-order valence-electron chi connectivity index (χ3n) is 4.39. The number of methoxy groups -OCH3 is 2. The lowest BCUT2D eigenvalue weighted by molar-refractivity contribution is -0.153. The van der Waals surface area contributed by atoms with Crippen LogP contribution in [-0.2, 0) is 19.7 Å². The lowest BCUT2D eigenvalue weighted by Crippen LogP contribution is -2.29. The van der Waals surface area contributed by atoms with Gasteiger partial charge in [-0.15, -0.1) is 0 Å². The van der Waals surface area contributed by atoms with Crippen LogP contribution in [0.15, 0.2) is 42.5 Å². The third-order valence-corrected chi connectivity index (χ3v) is 4.39. The quantitative estimate of drug-likeness (QED) is 0.658. The summed E-state index contributed by atoms with van der Waals surface area (Å²) >= 11 is 0. The molecule has 1 atom stereocenters. The molecule has 0 saturated heterocycles. The van der Waals surface area contributed by atoms with Crippen LogP contribution in [-0.4, -0.2) is 38.8 Å². The van der Waals surface area contributed by atoms with Gasteiger partial charge in [-0.3, -0.25) is 4.79 Å². The second kappa shape index (κ2) is 10.0. The summed E-state index contributed by atoms with van der Waals surface area (Å²) < 4.78 is 21.0. The Bertz CT molecular complexity index is 870. The van der Waals surface area contributed by atoms with E-state index in [2.05, 4.69) is 26.1 Å². The van der Waals surface area contributed by atoms with Crippen molar-refractivity contribution in [1.29, 1.82) is 0 Å². The summed E-state index contributed by atoms with van der Waals surface area (Å²) in [5, 5.41) is 2.64. The highest BCUT2D eigenvalue weighted by Crippen LogP contribution is 2.29. The summed E-state index contributed by atoms with van der Waals surface area (Å²) in [4.78, 5) is 24.4. The van der Waals surface area contributed by atoms with Crippen molar-refractivity contribution >= 4 is 17.6 Å². The largest absolute Gasteiger partial charge is 0.497 e. The Morgan fingerprint density at radius 3 is 2.17 bits per heavy atom. The number of benzene rings is 2. The highest BCUT2D eigenvalue weighted by atomic mass is 16.6. The maximum atomic E-state index is 12.2. The lowest BCUT2D eigenvalue weighted by atomic mass is 9.87. The molecule has 0 saturated carbocycles. The molecule has 2 aromatic rings. The number of hydrogen-bond acceptors (Lipinski definition) is 6. The molecule has 0 aliphatic rings. The maximum Gasteiger partial charge on any atom is 0.347 e. The van der Waals surface area contributed by atoms with Crippen LogP contribution >= 0.6 is 0 Å². The first-order valence-electron chi connectivity index (χ1n) is 9.59. The van der Waals surface area contributed by atoms with Crippen molar-refractivity contribution in [2.24, 2.45) is 0 Å². The van der Waals surface area contributed by atoms with Crippen molar-refractivity contribution in [3.8, 4) is 17.2 Å². The van der Waals surface area contributed by atoms with Crippen LogP contribution in [0.3, 0.4) is 0 Å². The minimum Gasteiger partial charge on any atom is -0.497 e. The molecule has 7 heteroatoms. The van der Waals surface area contributed by atoms with Gasteiger partial charge >= 0.3 is 5.97 Å². The zero-order chi connectivity index (χ0) is 22.3. The van der Waals surface area contributed by atoms with E-state index < -0.39 is 24.6 Å². The number of ether oxygens (including phenoxy) is 4. The molecule has 30 heavy (non-hydrogen) atoms. The van der Waals surface area contributed by atoms with Gasteiger partial charge in [0.25, 0.3) is 5.91 Å². The number of esters is 1. The van der Waals surface area contributed by atoms with E-state index in [9.17, 15) is 9.59 Å². The molecule has 162 valence electrons. The Morgan fingerprint density at radius 1 is 0.967 bits per heavy atom. The van der Waals surface area contributed by atoms with Crippen molar-refractivity contribution < 1.29 is 28.5 Å². The van der Waals surface area contributed by atoms with E-state index in [4.69, 9.17) is 18.9 Å². The molecule has 0 aliphatic carbocycles. The number of hydrogen-bond donors (Lipinski definition) is 1. The van der Waals surface area contributed by atoms with Gasteiger partial charge in [-0.25, -0.2) is 4.79 Å². The first-order valence-corrected chi connectivity index (χ1v) is 9.59. The van der Waals surface area contributed by atoms with Gasteiger partial charge in [-0.1, -0.05) is 32.9 Å². The Balaban J connectivity index is 1.88.